The van der Waals surface area contributed by atoms with Gasteiger partial charge in [-0.2, -0.15) is 4.98 Å². The van der Waals surface area contributed by atoms with Crippen molar-refractivity contribution < 1.29 is 9.53 Å². The molecule has 0 bridgehead atoms. The Labute approximate surface area is 151 Å². The van der Waals surface area contributed by atoms with Crippen molar-refractivity contribution in [2.45, 2.75) is 45.0 Å². The van der Waals surface area contributed by atoms with Gasteiger partial charge in [-0.25, -0.2) is 9.48 Å². The molecule has 1 N–H and O–H groups in total. The van der Waals surface area contributed by atoms with Crippen LogP contribution in [-0.2, 0) is 9.53 Å². The van der Waals surface area contributed by atoms with Crippen LogP contribution in [-0.4, -0.2) is 32.6 Å². The molecule has 0 radical (unpaired) electrons. The number of carbonyl (C=O) groups is 1. The molecule has 1 aliphatic heterocycles. The second kappa shape index (κ2) is 7.31. The van der Waals surface area contributed by atoms with Gasteiger partial charge in [0, 0.05) is 5.70 Å². The number of nitrogens with one attached hydrogen (secondary N) is 1. The molecule has 0 saturated heterocycles. The van der Waals surface area contributed by atoms with Gasteiger partial charge in [0.05, 0.1) is 11.7 Å². The van der Waals surface area contributed by atoms with Crippen molar-refractivity contribution >= 4 is 23.7 Å². The number of hydrogen-bond acceptors (Lipinski definition) is 6. The lowest BCUT2D eigenvalue weighted by molar-refractivity contribution is -0.143. The topological polar surface area (TPSA) is 69.0 Å². The van der Waals surface area contributed by atoms with Crippen LogP contribution < -0.4 is 5.32 Å². The van der Waals surface area contributed by atoms with E-state index >= 15 is 0 Å². The van der Waals surface area contributed by atoms with Crippen molar-refractivity contribution in [2.75, 3.05) is 11.1 Å². The van der Waals surface area contributed by atoms with Crippen molar-refractivity contribution in [3.63, 3.8) is 0 Å². The van der Waals surface area contributed by atoms with E-state index in [1.54, 1.807) is 16.4 Å². The van der Waals surface area contributed by atoms with E-state index in [0.29, 0.717) is 16.7 Å². The summed E-state index contributed by atoms with van der Waals surface area (Å²) >= 11 is 1.57. The average molecular weight is 358 g/mol. The molecule has 0 spiro atoms. The maximum absolute atomic E-state index is 12.8. The third kappa shape index (κ3) is 3.56. The number of anilines is 1. The lowest BCUT2D eigenvalue weighted by atomic mass is 9.96. The minimum atomic E-state index is -0.359. The highest BCUT2D eigenvalue weighted by molar-refractivity contribution is 7.99. The molecule has 3 rings (SSSR count). The predicted octanol–water partition coefficient (Wildman–Crippen LogP) is 3.63. The van der Waals surface area contributed by atoms with Crippen LogP contribution in [0.5, 0.6) is 0 Å². The number of ether oxygens (including phenoxy) is 1. The highest BCUT2D eigenvalue weighted by atomic mass is 32.2. The number of carbonyl (C=O) groups excluding carboxylic acids is 1. The van der Waals surface area contributed by atoms with Crippen LogP contribution in [0, 0.1) is 0 Å². The molecule has 1 unspecified atom stereocenters. The number of rotatable bonds is 5. The third-order valence-electron chi connectivity index (χ3n) is 3.78. The average Bonchev–Trinajstić information content (AvgIpc) is 2.95. The minimum absolute atomic E-state index is 0.187. The van der Waals surface area contributed by atoms with Crippen LogP contribution in [0.15, 0.2) is 46.8 Å². The number of allylic oxidation sites excluding steroid dienone is 1. The normalized spacial score (nSPS) is 16.6. The number of aromatic nitrogens is 3. The molecule has 1 aliphatic rings. The molecular formula is C18H22N4O2S. The number of esters is 1. The fourth-order valence-electron chi connectivity index (χ4n) is 2.81. The lowest BCUT2D eigenvalue weighted by Crippen LogP contribution is -2.30. The van der Waals surface area contributed by atoms with Crippen molar-refractivity contribution in [3.8, 4) is 0 Å². The smallest absolute Gasteiger partial charge is 0.338 e. The quantitative estimate of drug-likeness (QED) is 0.650. The summed E-state index contributed by atoms with van der Waals surface area (Å²) in [5.74, 6) is 1.19. The summed E-state index contributed by atoms with van der Waals surface area (Å²) in [5.41, 5.74) is 2.27. The first-order valence-corrected chi connectivity index (χ1v) is 9.32. The third-order valence-corrected chi connectivity index (χ3v) is 4.50. The van der Waals surface area contributed by atoms with E-state index in [4.69, 9.17) is 4.74 Å². The molecule has 0 fully saturated rings. The number of hydrogen-bond donors (Lipinski definition) is 1. The largest absolute Gasteiger partial charge is 0.459 e. The van der Waals surface area contributed by atoms with Crippen LogP contribution in [0.3, 0.4) is 0 Å². The molecule has 2 aromatic rings. The van der Waals surface area contributed by atoms with Crippen molar-refractivity contribution in [1.82, 2.24) is 14.8 Å². The SMILES string of the molecule is CCSc1nc2n(n1)C(c1ccccc1)C(C(=O)OC(C)C)=C(C)N2. The highest BCUT2D eigenvalue weighted by Gasteiger charge is 2.35. The number of nitrogens with zero attached hydrogens (tertiary/aromatic N) is 3. The molecule has 2 heterocycles. The molecule has 1 atom stereocenters. The summed E-state index contributed by atoms with van der Waals surface area (Å²) < 4.78 is 7.25. The highest BCUT2D eigenvalue weighted by Crippen LogP contribution is 2.36. The van der Waals surface area contributed by atoms with E-state index in [1.165, 1.54) is 0 Å². The Kier molecular flexibility index (Phi) is 5.13. The molecule has 1 aromatic heterocycles. The van der Waals surface area contributed by atoms with Gasteiger partial charge in [-0.05, 0) is 32.1 Å². The predicted molar refractivity (Wildman–Crippen MR) is 98.6 cm³/mol. The Morgan fingerprint density at radius 1 is 1.36 bits per heavy atom. The van der Waals surface area contributed by atoms with E-state index < -0.39 is 0 Å². The number of benzene rings is 1. The first kappa shape index (κ1) is 17.5. The van der Waals surface area contributed by atoms with Gasteiger partial charge >= 0.3 is 5.97 Å². The second-order valence-electron chi connectivity index (χ2n) is 6.03. The van der Waals surface area contributed by atoms with Crippen molar-refractivity contribution in [2.24, 2.45) is 0 Å². The monoisotopic (exact) mass is 358 g/mol. The second-order valence-corrected chi connectivity index (χ2v) is 7.26. The van der Waals surface area contributed by atoms with E-state index in [1.807, 2.05) is 51.1 Å². The first-order valence-electron chi connectivity index (χ1n) is 8.34. The summed E-state index contributed by atoms with van der Waals surface area (Å²) in [7, 11) is 0. The van der Waals surface area contributed by atoms with Gasteiger partial charge in [-0.3, -0.25) is 0 Å². The van der Waals surface area contributed by atoms with Crippen LogP contribution >= 0.6 is 11.8 Å². The van der Waals surface area contributed by atoms with Crippen LogP contribution in [0.4, 0.5) is 5.95 Å². The van der Waals surface area contributed by atoms with Crippen molar-refractivity contribution in [1.29, 1.82) is 0 Å². The summed E-state index contributed by atoms with van der Waals surface area (Å²) in [6, 6.07) is 9.48. The molecule has 6 nitrogen and oxygen atoms in total. The van der Waals surface area contributed by atoms with Gasteiger partial charge in [0.2, 0.25) is 11.1 Å². The molecule has 1 aromatic carbocycles. The summed E-state index contributed by atoms with van der Waals surface area (Å²) in [6.45, 7) is 7.62. The van der Waals surface area contributed by atoms with Gasteiger partial charge in [-0.15, -0.1) is 5.10 Å². The van der Waals surface area contributed by atoms with Gasteiger partial charge in [0.25, 0.3) is 0 Å². The fraction of sp³-hybridized carbons (Fsp3) is 0.389. The minimum Gasteiger partial charge on any atom is -0.459 e. The standard InChI is InChI=1S/C18H22N4O2S/c1-5-25-18-20-17-19-12(4)14(16(23)24-11(2)3)15(22(17)21-18)13-9-7-6-8-10-13/h6-11,15H,5H2,1-4H3,(H,19,20,21). The molecular weight excluding hydrogens is 336 g/mol. The van der Waals surface area contributed by atoms with Gasteiger partial charge in [-0.1, -0.05) is 49.0 Å². The lowest BCUT2D eigenvalue weighted by Gasteiger charge is -2.28. The Hall–Kier alpha value is -2.28. The Morgan fingerprint density at radius 2 is 2.08 bits per heavy atom. The van der Waals surface area contributed by atoms with E-state index in [2.05, 4.69) is 22.3 Å². The molecule has 0 aliphatic carbocycles. The Bertz CT molecular complexity index is 799. The summed E-state index contributed by atoms with van der Waals surface area (Å²) in [6.07, 6.45) is -0.187. The maximum atomic E-state index is 12.8. The first-order chi connectivity index (χ1) is 12.0. The fourth-order valence-corrected chi connectivity index (χ4v) is 3.36. The van der Waals surface area contributed by atoms with Crippen molar-refractivity contribution in [3.05, 3.63) is 47.2 Å². The van der Waals surface area contributed by atoms with Crippen LogP contribution in [0.1, 0.15) is 39.3 Å². The zero-order valence-electron chi connectivity index (χ0n) is 14.8. The summed E-state index contributed by atoms with van der Waals surface area (Å²) in [5, 5.41) is 8.50. The molecule has 25 heavy (non-hydrogen) atoms. The zero-order chi connectivity index (χ0) is 18.0. The van der Waals surface area contributed by atoms with Gasteiger partial charge < -0.3 is 10.1 Å². The Balaban J connectivity index is 2.10. The van der Waals surface area contributed by atoms with Gasteiger partial charge in [0.15, 0.2) is 0 Å². The maximum Gasteiger partial charge on any atom is 0.338 e. The molecule has 7 heteroatoms. The van der Waals surface area contributed by atoms with Crippen LogP contribution in [0.25, 0.3) is 0 Å². The summed E-state index contributed by atoms with van der Waals surface area (Å²) in [4.78, 5) is 17.3. The Morgan fingerprint density at radius 3 is 2.72 bits per heavy atom. The molecule has 0 saturated carbocycles. The van der Waals surface area contributed by atoms with Crippen LogP contribution in [0.2, 0.25) is 0 Å². The van der Waals surface area contributed by atoms with E-state index in [0.717, 1.165) is 17.0 Å². The molecule has 0 amide bonds. The zero-order valence-corrected chi connectivity index (χ0v) is 15.6. The number of fused-ring (bicyclic) bond motifs is 1. The number of thioether (sulfide) groups is 1. The molecule has 132 valence electrons. The van der Waals surface area contributed by atoms with Gasteiger partial charge in [0.1, 0.15) is 6.04 Å². The van der Waals surface area contributed by atoms with E-state index in [9.17, 15) is 4.79 Å². The van der Waals surface area contributed by atoms with E-state index in [-0.39, 0.29) is 18.1 Å².